The molecule has 0 bridgehead atoms. The van der Waals surface area contributed by atoms with Crippen LogP contribution < -0.4 is 10.2 Å². The first-order valence-corrected chi connectivity index (χ1v) is 6.25. The zero-order valence-corrected chi connectivity index (χ0v) is 11.6. The number of rotatable bonds is 5. The smallest absolute Gasteiger partial charge is 0.225 e. The van der Waals surface area contributed by atoms with Gasteiger partial charge in [-0.2, -0.15) is 4.98 Å². The van der Waals surface area contributed by atoms with E-state index in [1.807, 2.05) is 6.07 Å². The summed E-state index contributed by atoms with van der Waals surface area (Å²) in [6.07, 6.45) is 4.18. The zero-order valence-electron chi connectivity index (χ0n) is 11.6. The summed E-state index contributed by atoms with van der Waals surface area (Å²) >= 11 is 0. The molecule has 1 rings (SSSR count). The highest BCUT2D eigenvalue weighted by Crippen LogP contribution is 2.14. The van der Waals surface area contributed by atoms with E-state index in [0.717, 1.165) is 12.4 Å². The van der Waals surface area contributed by atoms with Gasteiger partial charge in [0.05, 0.1) is 0 Å². The first-order valence-electron chi connectivity index (χ1n) is 6.25. The monoisotopic (exact) mass is 236 g/mol. The summed E-state index contributed by atoms with van der Waals surface area (Å²) in [5, 5.41) is 3.28. The maximum absolute atomic E-state index is 4.51. The van der Waals surface area contributed by atoms with Gasteiger partial charge in [0.15, 0.2) is 0 Å². The van der Waals surface area contributed by atoms with Crippen molar-refractivity contribution in [3.05, 3.63) is 12.3 Å². The number of hydrogen-bond donors (Lipinski definition) is 1. The lowest BCUT2D eigenvalue weighted by Gasteiger charge is -2.22. The Morgan fingerprint density at radius 2 is 2.06 bits per heavy atom. The molecule has 1 heterocycles. The molecule has 0 saturated carbocycles. The predicted octanol–water partition coefficient (Wildman–Crippen LogP) is 2.92. The van der Waals surface area contributed by atoms with E-state index in [4.69, 9.17) is 0 Å². The summed E-state index contributed by atoms with van der Waals surface area (Å²) in [4.78, 5) is 10.9. The van der Waals surface area contributed by atoms with E-state index in [0.29, 0.717) is 5.95 Å². The first-order chi connectivity index (χ1) is 7.92. The van der Waals surface area contributed by atoms with E-state index in [2.05, 4.69) is 54.9 Å². The van der Waals surface area contributed by atoms with Crippen LogP contribution in [0.3, 0.4) is 0 Å². The zero-order chi connectivity index (χ0) is 12.9. The molecule has 0 saturated heterocycles. The maximum Gasteiger partial charge on any atom is 0.225 e. The highest BCUT2D eigenvalue weighted by atomic mass is 15.2. The van der Waals surface area contributed by atoms with Gasteiger partial charge in [-0.1, -0.05) is 13.3 Å². The fourth-order valence-electron chi connectivity index (χ4n) is 1.47. The third-order valence-electron chi connectivity index (χ3n) is 2.37. The number of nitrogens with one attached hydrogen (secondary N) is 1. The largest absolute Gasteiger partial charge is 0.360 e. The van der Waals surface area contributed by atoms with Crippen LogP contribution in [0.4, 0.5) is 11.8 Å². The highest BCUT2D eigenvalue weighted by molar-refractivity contribution is 5.42. The van der Waals surface area contributed by atoms with Crippen LogP contribution in [-0.4, -0.2) is 29.1 Å². The topological polar surface area (TPSA) is 41.1 Å². The Morgan fingerprint density at radius 3 is 2.65 bits per heavy atom. The molecule has 0 amide bonds. The van der Waals surface area contributed by atoms with Crippen molar-refractivity contribution in [1.29, 1.82) is 0 Å². The van der Waals surface area contributed by atoms with Gasteiger partial charge in [0.2, 0.25) is 5.95 Å². The number of aromatic nitrogens is 2. The molecule has 4 heteroatoms. The molecule has 0 aliphatic heterocycles. The highest BCUT2D eigenvalue weighted by Gasteiger charge is 2.12. The number of anilines is 2. The quantitative estimate of drug-likeness (QED) is 0.853. The van der Waals surface area contributed by atoms with Gasteiger partial charge in [-0.25, -0.2) is 4.98 Å². The van der Waals surface area contributed by atoms with Gasteiger partial charge in [-0.05, 0) is 33.3 Å². The second-order valence-electron chi connectivity index (χ2n) is 5.39. The number of hydrogen-bond acceptors (Lipinski definition) is 4. The van der Waals surface area contributed by atoms with Crippen LogP contribution in [0.1, 0.15) is 40.5 Å². The second-order valence-corrected chi connectivity index (χ2v) is 5.39. The summed E-state index contributed by atoms with van der Waals surface area (Å²) < 4.78 is 0. The molecule has 0 atom stereocenters. The molecule has 1 N–H and O–H groups in total. The molecule has 0 aliphatic carbocycles. The molecule has 1 aromatic rings. The summed E-state index contributed by atoms with van der Waals surface area (Å²) in [5.74, 6) is 1.67. The van der Waals surface area contributed by atoms with E-state index in [-0.39, 0.29) is 5.54 Å². The Bertz CT molecular complexity index is 344. The molecule has 0 aromatic carbocycles. The van der Waals surface area contributed by atoms with Crippen molar-refractivity contribution < 1.29 is 0 Å². The molecule has 4 nitrogen and oxygen atoms in total. The summed E-state index contributed by atoms with van der Waals surface area (Å²) in [6, 6.07) is 1.95. The van der Waals surface area contributed by atoms with Crippen molar-refractivity contribution in [1.82, 2.24) is 9.97 Å². The van der Waals surface area contributed by atoms with Gasteiger partial charge in [0.25, 0.3) is 0 Å². The van der Waals surface area contributed by atoms with Crippen molar-refractivity contribution in [3.8, 4) is 0 Å². The minimum Gasteiger partial charge on any atom is -0.360 e. The summed E-state index contributed by atoms with van der Waals surface area (Å²) in [7, 11) is 2.07. The van der Waals surface area contributed by atoms with Gasteiger partial charge in [-0.3, -0.25) is 0 Å². The standard InChI is InChI=1S/C13H24N4/c1-6-7-10-17(5)11-8-9-14-12(15-11)16-13(2,3)4/h8-9H,6-7,10H2,1-5H3,(H,14,15,16). The van der Waals surface area contributed by atoms with E-state index < -0.39 is 0 Å². The van der Waals surface area contributed by atoms with Gasteiger partial charge >= 0.3 is 0 Å². The summed E-state index contributed by atoms with van der Waals surface area (Å²) in [6.45, 7) is 9.53. The first kappa shape index (κ1) is 13.7. The SMILES string of the molecule is CCCCN(C)c1ccnc(NC(C)(C)C)n1. The van der Waals surface area contributed by atoms with Gasteiger partial charge < -0.3 is 10.2 Å². The van der Waals surface area contributed by atoms with Crippen LogP contribution in [0, 0.1) is 0 Å². The Labute approximate surface area is 104 Å². The molecule has 0 aliphatic rings. The van der Waals surface area contributed by atoms with Crippen molar-refractivity contribution in [3.63, 3.8) is 0 Å². The van der Waals surface area contributed by atoms with Crippen molar-refractivity contribution in [2.75, 3.05) is 23.8 Å². The molecular weight excluding hydrogens is 212 g/mol. The van der Waals surface area contributed by atoms with Crippen molar-refractivity contribution in [2.45, 2.75) is 46.1 Å². The van der Waals surface area contributed by atoms with Crippen LogP contribution in [-0.2, 0) is 0 Å². The normalized spacial score (nSPS) is 11.4. The van der Waals surface area contributed by atoms with Gasteiger partial charge in [0, 0.05) is 25.3 Å². The molecule has 17 heavy (non-hydrogen) atoms. The second kappa shape index (κ2) is 5.84. The fourth-order valence-corrected chi connectivity index (χ4v) is 1.47. The average Bonchev–Trinajstić information content (AvgIpc) is 2.24. The minimum absolute atomic E-state index is 0.0133. The molecule has 0 fully saturated rings. The van der Waals surface area contributed by atoms with Crippen LogP contribution >= 0.6 is 0 Å². The van der Waals surface area contributed by atoms with Gasteiger partial charge in [-0.15, -0.1) is 0 Å². The molecule has 0 unspecified atom stereocenters. The Kier molecular flexibility index (Phi) is 4.73. The third-order valence-corrected chi connectivity index (χ3v) is 2.37. The van der Waals surface area contributed by atoms with Crippen LogP contribution in [0.15, 0.2) is 12.3 Å². The number of nitrogens with zero attached hydrogens (tertiary/aromatic N) is 3. The molecule has 1 aromatic heterocycles. The Hall–Kier alpha value is -1.32. The lowest BCUT2D eigenvalue weighted by atomic mass is 10.1. The maximum atomic E-state index is 4.51. The molecule has 0 spiro atoms. The Morgan fingerprint density at radius 1 is 1.35 bits per heavy atom. The number of unbranched alkanes of at least 4 members (excludes halogenated alkanes) is 1. The minimum atomic E-state index is -0.0133. The molecule has 0 radical (unpaired) electrons. The summed E-state index contributed by atoms with van der Waals surface area (Å²) in [5.41, 5.74) is -0.0133. The fraction of sp³-hybridized carbons (Fsp3) is 0.692. The predicted molar refractivity (Wildman–Crippen MR) is 73.6 cm³/mol. The van der Waals surface area contributed by atoms with E-state index in [1.54, 1.807) is 6.20 Å². The third kappa shape index (κ3) is 5.02. The van der Waals surface area contributed by atoms with Gasteiger partial charge in [0.1, 0.15) is 5.82 Å². The Balaban J connectivity index is 2.71. The lowest BCUT2D eigenvalue weighted by molar-refractivity contribution is 0.625. The average molecular weight is 236 g/mol. The molecular formula is C13H24N4. The van der Waals surface area contributed by atoms with E-state index >= 15 is 0 Å². The van der Waals surface area contributed by atoms with E-state index in [1.165, 1.54) is 12.8 Å². The lowest BCUT2D eigenvalue weighted by Crippen LogP contribution is -2.28. The van der Waals surface area contributed by atoms with Crippen LogP contribution in [0.2, 0.25) is 0 Å². The van der Waals surface area contributed by atoms with Crippen LogP contribution in [0.5, 0.6) is 0 Å². The van der Waals surface area contributed by atoms with Crippen molar-refractivity contribution >= 4 is 11.8 Å². The van der Waals surface area contributed by atoms with Crippen molar-refractivity contribution in [2.24, 2.45) is 0 Å². The molecule has 96 valence electrons. The van der Waals surface area contributed by atoms with E-state index in [9.17, 15) is 0 Å². The van der Waals surface area contributed by atoms with Crippen LogP contribution in [0.25, 0.3) is 0 Å².